The summed E-state index contributed by atoms with van der Waals surface area (Å²) < 4.78 is 2.12. The van der Waals surface area contributed by atoms with Crippen molar-refractivity contribution in [1.82, 2.24) is 4.57 Å². The van der Waals surface area contributed by atoms with E-state index in [-0.39, 0.29) is 5.78 Å². The van der Waals surface area contributed by atoms with Gasteiger partial charge in [-0.05, 0) is 25.0 Å². The number of carbonyl (C=O) groups excluding carboxylic acids is 1. The maximum absolute atomic E-state index is 10.8. The number of para-hydroxylation sites is 1. The lowest BCUT2D eigenvalue weighted by Gasteiger charge is -1.93. The largest absolute Gasteiger partial charge is 0.350 e. The first-order valence-corrected chi connectivity index (χ1v) is 5.88. The lowest BCUT2D eigenvalue weighted by Crippen LogP contribution is -1.86. The summed E-state index contributed by atoms with van der Waals surface area (Å²) in [4.78, 5) is 10.8. The molecule has 0 N–H and O–H groups in total. The molecule has 0 saturated heterocycles. The number of aryl methyl sites for hydroxylation is 1. The molecule has 0 aliphatic heterocycles. The van der Waals surface area contributed by atoms with Crippen LogP contribution in [-0.2, 0) is 11.8 Å². The number of Topliss-reactive ketones (excluding diaryl/α,β-unsaturated/α-hetero) is 1. The second kappa shape index (κ2) is 5.00. The molecular formula is C15H17NO. The molecule has 0 amide bonds. The topological polar surface area (TPSA) is 22.0 Å². The molecule has 2 rings (SSSR count). The van der Waals surface area contributed by atoms with Crippen LogP contribution >= 0.6 is 0 Å². The number of allylic oxidation sites excluding steroid dienone is 1. The molecule has 1 aromatic carbocycles. The van der Waals surface area contributed by atoms with E-state index in [2.05, 4.69) is 48.2 Å². The summed E-state index contributed by atoms with van der Waals surface area (Å²) in [5, 5.41) is 1.26. The summed E-state index contributed by atoms with van der Waals surface area (Å²) in [5.74, 6) is 0.243. The number of hydrogen-bond donors (Lipinski definition) is 0. The minimum absolute atomic E-state index is 0.243. The number of carbonyl (C=O) groups is 1. The zero-order valence-electron chi connectivity index (χ0n) is 10.3. The molecule has 1 heterocycles. The minimum Gasteiger partial charge on any atom is -0.350 e. The van der Waals surface area contributed by atoms with Gasteiger partial charge in [0.2, 0.25) is 0 Å². The zero-order chi connectivity index (χ0) is 12.3. The smallest absolute Gasteiger partial charge is 0.130 e. The van der Waals surface area contributed by atoms with Crippen molar-refractivity contribution in [1.29, 1.82) is 0 Å². The van der Waals surface area contributed by atoms with E-state index in [4.69, 9.17) is 0 Å². The van der Waals surface area contributed by atoms with E-state index >= 15 is 0 Å². The molecule has 2 heteroatoms. The van der Waals surface area contributed by atoms with Gasteiger partial charge in [-0.15, -0.1) is 0 Å². The van der Waals surface area contributed by atoms with Crippen LogP contribution in [0.15, 0.2) is 36.5 Å². The Labute approximate surface area is 102 Å². The maximum Gasteiger partial charge on any atom is 0.130 e. The third kappa shape index (κ3) is 2.64. The van der Waals surface area contributed by atoms with Crippen molar-refractivity contribution in [3.8, 4) is 0 Å². The van der Waals surface area contributed by atoms with Crippen molar-refractivity contribution in [3.63, 3.8) is 0 Å². The first-order chi connectivity index (χ1) is 8.18. The predicted octanol–water partition coefficient (Wildman–Crippen LogP) is 3.56. The van der Waals surface area contributed by atoms with Gasteiger partial charge in [0, 0.05) is 30.6 Å². The zero-order valence-corrected chi connectivity index (χ0v) is 10.3. The molecule has 88 valence electrons. The Morgan fingerprint density at radius 2 is 2.12 bits per heavy atom. The van der Waals surface area contributed by atoms with E-state index in [9.17, 15) is 4.79 Å². The van der Waals surface area contributed by atoms with Crippen LogP contribution in [0.3, 0.4) is 0 Å². The van der Waals surface area contributed by atoms with Crippen LogP contribution in [0, 0.1) is 0 Å². The molecule has 0 atom stereocenters. The Hall–Kier alpha value is -1.83. The Bertz CT molecular complexity index is 563. The van der Waals surface area contributed by atoms with Crippen LogP contribution in [0.5, 0.6) is 0 Å². The molecule has 2 nitrogen and oxygen atoms in total. The van der Waals surface area contributed by atoms with Gasteiger partial charge >= 0.3 is 0 Å². The first kappa shape index (κ1) is 11.6. The van der Waals surface area contributed by atoms with Gasteiger partial charge in [-0.1, -0.05) is 30.4 Å². The van der Waals surface area contributed by atoms with Crippen LogP contribution in [-0.4, -0.2) is 10.4 Å². The average molecular weight is 227 g/mol. The Morgan fingerprint density at radius 3 is 2.88 bits per heavy atom. The van der Waals surface area contributed by atoms with E-state index in [0.717, 1.165) is 6.42 Å². The maximum atomic E-state index is 10.8. The van der Waals surface area contributed by atoms with Crippen LogP contribution in [0.25, 0.3) is 17.0 Å². The molecule has 0 aliphatic carbocycles. The molecule has 0 bridgehead atoms. The van der Waals surface area contributed by atoms with Crippen LogP contribution in [0.1, 0.15) is 25.3 Å². The normalized spacial score (nSPS) is 11.4. The van der Waals surface area contributed by atoms with Gasteiger partial charge in [0.1, 0.15) is 5.78 Å². The van der Waals surface area contributed by atoms with Crippen LogP contribution in [0.2, 0.25) is 0 Å². The molecule has 0 radical (unpaired) electrons. The lowest BCUT2D eigenvalue weighted by molar-refractivity contribution is -0.116. The number of nitrogens with zero attached hydrogens (tertiary/aromatic N) is 1. The number of hydrogen-bond acceptors (Lipinski definition) is 1. The first-order valence-electron chi connectivity index (χ1n) is 5.88. The van der Waals surface area contributed by atoms with Crippen LogP contribution in [0.4, 0.5) is 0 Å². The number of benzene rings is 1. The van der Waals surface area contributed by atoms with Gasteiger partial charge in [-0.2, -0.15) is 0 Å². The van der Waals surface area contributed by atoms with E-state index in [1.165, 1.54) is 16.5 Å². The van der Waals surface area contributed by atoms with Crippen molar-refractivity contribution in [2.24, 2.45) is 7.05 Å². The standard InChI is InChI=1S/C15H17NO/c1-12(17)7-3-4-8-13-11-16(2)15-10-6-5-9-14(13)15/h4-6,8-11H,3,7H2,1-2H3/b8-4+. The molecule has 0 unspecified atom stereocenters. The number of rotatable bonds is 4. The Balaban J connectivity index is 2.21. The molecule has 1 aromatic heterocycles. The van der Waals surface area contributed by atoms with Gasteiger partial charge in [-0.3, -0.25) is 0 Å². The fraction of sp³-hybridized carbons (Fsp3) is 0.267. The monoisotopic (exact) mass is 227 g/mol. The molecular weight excluding hydrogens is 210 g/mol. The SMILES string of the molecule is CC(=O)CC/C=C/c1cn(C)c2ccccc12. The Morgan fingerprint density at radius 1 is 1.35 bits per heavy atom. The highest BCUT2D eigenvalue weighted by Crippen LogP contribution is 2.21. The summed E-state index contributed by atoms with van der Waals surface area (Å²) >= 11 is 0. The summed E-state index contributed by atoms with van der Waals surface area (Å²) in [6.45, 7) is 1.63. The molecule has 17 heavy (non-hydrogen) atoms. The van der Waals surface area contributed by atoms with Crippen LogP contribution < -0.4 is 0 Å². The highest BCUT2D eigenvalue weighted by molar-refractivity contribution is 5.89. The fourth-order valence-electron chi connectivity index (χ4n) is 2.00. The van der Waals surface area contributed by atoms with Crippen molar-refractivity contribution < 1.29 is 4.79 Å². The predicted molar refractivity (Wildman–Crippen MR) is 71.9 cm³/mol. The molecule has 0 saturated carbocycles. The molecule has 0 spiro atoms. The molecule has 0 aliphatic rings. The Kier molecular flexibility index (Phi) is 3.43. The fourth-order valence-corrected chi connectivity index (χ4v) is 2.00. The highest BCUT2D eigenvalue weighted by Gasteiger charge is 2.02. The van der Waals surface area contributed by atoms with Gasteiger partial charge in [0.05, 0.1) is 0 Å². The van der Waals surface area contributed by atoms with Gasteiger partial charge in [0.15, 0.2) is 0 Å². The second-order valence-electron chi connectivity index (χ2n) is 4.36. The van der Waals surface area contributed by atoms with Gasteiger partial charge in [-0.25, -0.2) is 0 Å². The quantitative estimate of drug-likeness (QED) is 0.782. The van der Waals surface area contributed by atoms with E-state index < -0.39 is 0 Å². The number of ketones is 1. The average Bonchev–Trinajstić information content (AvgIpc) is 2.63. The second-order valence-corrected chi connectivity index (χ2v) is 4.36. The van der Waals surface area contributed by atoms with Crippen molar-refractivity contribution >= 4 is 22.8 Å². The van der Waals surface area contributed by atoms with E-state index in [1.54, 1.807) is 6.92 Å². The number of fused-ring (bicyclic) bond motifs is 1. The summed E-state index contributed by atoms with van der Waals surface area (Å²) in [5.41, 5.74) is 2.45. The van der Waals surface area contributed by atoms with E-state index in [0.29, 0.717) is 6.42 Å². The summed E-state index contributed by atoms with van der Waals surface area (Å²) in [6.07, 6.45) is 7.74. The lowest BCUT2D eigenvalue weighted by atomic mass is 10.1. The molecule has 0 fully saturated rings. The minimum atomic E-state index is 0.243. The molecule has 2 aromatic rings. The number of aromatic nitrogens is 1. The summed E-state index contributed by atoms with van der Waals surface area (Å²) in [6, 6.07) is 8.34. The van der Waals surface area contributed by atoms with Crippen molar-refractivity contribution in [2.45, 2.75) is 19.8 Å². The van der Waals surface area contributed by atoms with E-state index in [1.807, 2.05) is 6.07 Å². The van der Waals surface area contributed by atoms with Crippen molar-refractivity contribution in [2.75, 3.05) is 0 Å². The highest BCUT2D eigenvalue weighted by atomic mass is 16.1. The van der Waals surface area contributed by atoms with Crippen molar-refractivity contribution in [3.05, 3.63) is 42.1 Å². The van der Waals surface area contributed by atoms with Gasteiger partial charge in [0.25, 0.3) is 0 Å². The third-order valence-corrected chi connectivity index (χ3v) is 2.89. The summed E-state index contributed by atoms with van der Waals surface area (Å²) in [7, 11) is 2.05. The van der Waals surface area contributed by atoms with Gasteiger partial charge < -0.3 is 9.36 Å². The third-order valence-electron chi connectivity index (χ3n) is 2.89.